The van der Waals surface area contributed by atoms with Crippen LogP contribution in [0.1, 0.15) is 31.7 Å². The van der Waals surface area contributed by atoms with Gasteiger partial charge in [-0.15, -0.1) is 0 Å². The van der Waals surface area contributed by atoms with Crippen molar-refractivity contribution in [2.75, 3.05) is 6.54 Å². The monoisotopic (exact) mass is 512 g/mol. The minimum Gasteiger partial charge on any atom is -0.273 e. The van der Waals surface area contributed by atoms with Gasteiger partial charge in [0.05, 0.1) is 28.6 Å². The summed E-state index contributed by atoms with van der Waals surface area (Å²) in [5.41, 5.74) is 0.660. The normalized spacial score (nSPS) is 23.2. The number of hydrogen-bond donors (Lipinski definition) is 0. The van der Waals surface area contributed by atoms with Gasteiger partial charge in [-0.1, -0.05) is 74.0 Å². The van der Waals surface area contributed by atoms with E-state index >= 15 is 0 Å². The van der Waals surface area contributed by atoms with E-state index in [1.165, 1.54) is 10.4 Å². The summed E-state index contributed by atoms with van der Waals surface area (Å²) in [6.45, 7) is 2.11. The number of sulfonamides is 2. The Hall–Kier alpha value is -2.75. The maximum atomic E-state index is 13.8. The lowest BCUT2D eigenvalue weighted by Gasteiger charge is -2.27. The van der Waals surface area contributed by atoms with E-state index in [1.807, 2.05) is 37.3 Å². The minimum absolute atomic E-state index is 0.0473. The molecule has 35 heavy (non-hydrogen) atoms. The molecule has 2 aliphatic heterocycles. The van der Waals surface area contributed by atoms with Crippen molar-refractivity contribution < 1.29 is 21.6 Å². The van der Waals surface area contributed by atoms with Crippen molar-refractivity contribution in [3.63, 3.8) is 0 Å². The Balaban J connectivity index is 1.51. The van der Waals surface area contributed by atoms with Crippen LogP contribution in [0.5, 0.6) is 0 Å². The van der Waals surface area contributed by atoms with Crippen molar-refractivity contribution in [2.24, 2.45) is 5.92 Å². The molecule has 0 spiro atoms. The zero-order valence-corrected chi connectivity index (χ0v) is 21.1. The standard InChI is InChI=1S/C26H28N2O5S2/c1-2-8-23-25-24(15-16-27(25)34(30,31)18-19-9-4-3-5-10-19)28(26(23)29)35(32,33)22-14-13-20-11-6-7-12-21(20)17-22/h3-7,9-14,17,23-25H,2,8,15-16,18H2,1H3/t23?,24-,25+/m0/s1. The van der Waals surface area contributed by atoms with Crippen LogP contribution in [-0.2, 0) is 30.6 Å². The smallest absolute Gasteiger partial charge is 0.266 e. The second-order valence-electron chi connectivity index (χ2n) is 9.24. The third-order valence-electron chi connectivity index (χ3n) is 7.05. The Morgan fingerprint density at radius 3 is 2.29 bits per heavy atom. The van der Waals surface area contributed by atoms with Crippen molar-refractivity contribution in [3.05, 3.63) is 78.4 Å². The highest BCUT2D eigenvalue weighted by Gasteiger charge is 2.59. The summed E-state index contributed by atoms with van der Waals surface area (Å²) in [6, 6.07) is 19.8. The van der Waals surface area contributed by atoms with Gasteiger partial charge in [-0.3, -0.25) is 4.79 Å². The third-order valence-corrected chi connectivity index (χ3v) is 10.7. The highest BCUT2D eigenvalue weighted by atomic mass is 32.2. The zero-order valence-electron chi connectivity index (χ0n) is 19.4. The Bertz CT molecular complexity index is 1470. The van der Waals surface area contributed by atoms with Crippen molar-refractivity contribution in [1.82, 2.24) is 8.61 Å². The van der Waals surface area contributed by atoms with E-state index < -0.39 is 44.0 Å². The maximum absolute atomic E-state index is 13.8. The summed E-state index contributed by atoms with van der Waals surface area (Å²) >= 11 is 0. The fourth-order valence-corrected chi connectivity index (χ4v) is 9.03. The highest BCUT2D eigenvalue weighted by Crippen LogP contribution is 2.43. The first-order valence-corrected chi connectivity index (χ1v) is 14.9. The van der Waals surface area contributed by atoms with E-state index in [9.17, 15) is 21.6 Å². The lowest BCUT2D eigenvalue weighted by molar-refractivity contribution is -0.128. The molecule has 2 saturated heterocycles. The van der Waals surface area contributed by atoms with Gasteiger partial charge in [-0.2, -0.15) is 4.31 Å². The molecule has 0 aliphatic carbocycles. The van der Waals surface area contributed by atoms with Crippen LogP contribution < -0.4 is 0 Å². The molecule has 5 rings (SSSR count). The average Bonchev–Trinajstić information content (AvgIpc) is 3.38. The number of fused-ring (bicyclic) bond motifs is 2. The predicted molar refractivity (Wildman–Crippen MR) is 134 cm³/mol. The van der Waals surface area contributed by atoms with E-state index in [0.717, 1.165) is 15.1 Å². The third kappa shape index (κ3) is 4.15. The predicted octanol–water partition coefficient (Wildman–Crippen LogP) is 3.76. The van der Waals surface area contributed by atoms with Gasteiger partial charge in [-0.05, 0) is 41.3 Å². The summed E-state index contributed by atoms with van der Waals surface area (Å²) in [7, 11) is -7.89. The molecular formula is C26H28N2O5S2. The Labute approximate surface area is 206 Å². The van der Waals surface area contributed by atoms with E-state index in [-0.39, 0.29) is 23.6 Å². The van der Waals surface area contributed by atoms with Crippen LogP contribution in [0.3, 0.4) is 0 Å². The fraction of sp³-hybridized carbons (Fsp3) is 0.346. The molecule has 0 N–H and O–H groups in total. The van der Waals surface area contributed by atoms with Crippen LogP contribution in [0.15, 0.2) is 77.7 Å². The summed E-state index contributed by atoms with van der Waals surface area (Å²) in [5.74, 6) is -1.37. The topological polar surface area (TPSA) is 91.8 Å². The van der Waals surface area contributed by atoms with Crippen LogP contribution in [0.4, 0.5) is 0 Å². The summed E-state index contributed by atoms with van der Waals surface area (Å²) in [5, 5.41) is 1.67. The number of nitrogens with zero attached hydrogens (tertiary/aromatic N) is 2. The molecule has 0 aromatic heterocycles. The van der Waals surface area contributed by atoms with Crippen LogP contribution in [0.25, 0.3) is 10.8 Å². The first kappa shape index (κ1) is 24.0. The van der Waals surface area contributed by atoms with Crippen molar-refractivity contribution in [3.8, 4) is 0 Å². The van der Waals surface area contributed by atoms with Gasteiger partial charge in [0.1, 0.15) is 0 Å². The molecule has 3 aromatic carbocycles. The van der Waals surface area contributed by atoms with Crippen molar-refractivity contribution in [2.45, 2.75) is 48.9 Å². The number of amides is 1. The number of rotatable bonds is 7. The SMILES string of the molecule is CCCC1C(=O)N(S(=O)(=O)c2ccc3ccccc3c2)[C@H]2CCN(S(=O)(=O)Cc3ccccc3)[C@H]12. The number of benzene rings is 3. The lowest BCUT2D eigenvalue weighted by Crippen LogP contribution is -2.43. The van der Waals surface area contributed by atoms with Crippen molar-refractivity contribution >= 4 is 36.7 Å². The molecule has 0 radical (unpaired) electrons. The van der Waals surface area contributed by atoms with Gasteiger partial charge >= 0.3 is 0 Å². The molecule has 0 saturated carbocycles. The van der Waals surface area contributed by atoms with Gasteiger partial charge in [0.25, 0.3) is 10.0 Å². The second kappa shape index (κ2) is 9.04. The van der Waals surface area contributed by atoms with Crippen LogP contribution >= 0.6 is 0 Å². The molecule has 0 bridgehead atoms. The molecular weight excluding hydrogens is 484 g/mol. The first-order valence-electron chi connectivity index (χ1n) is 11.8. The molecule has 1 unspecified atom stereocenters. The summed E-state index contributed by atoms with van der Waals surface area (Å²) < 4.78 is 56.7. The quantitative estimate of drug-likeness (QED) is 0.481. The molecule has 2 heterocycles. The van der Waals surface area contributed by atoms with Gasteiger partial charge in [0, 0.05) is 6.54 Å². The molecule has 1 amide bonds. The van der Waals surface area contributed by atoms with Gasteiger partial charge in [0.15, 0.2) is 0 Å². The molecule has 2 fully saturated rings. The number of carbonyl (C=O) groups is 1. The highest BCUT2D eigenvalue weighted by molar-refractivity contribution is 7.89. The van der Waals surface area contributed by atoms with E-state index in [0.29, 0.717) is 18.4 Å². The lowest BCUT2D eigenvalue weighted by atomic mass is 9.95. The molecule has 9 heteroatoms. The largest absolute Gasteiger partial charge is 0.273 e. The minimum atomic E-state index is -4.15. The average molecular weight is 513 g/mol. The fourth-order valence-electron chi connectivity index (χ4n) is 5.50. The number of hydrogen-bond acceptors (Lipinski definition) is 5. The summed E-state index contributed by atoms with van der Waals surface area (Å²) in [4.78, 5) is 13.6. The maximum Gasteiger partial charge on any atom is 0.266 e. The van der Waals surface area contributed by atoms with Crippen molar-refractivity contribution in [1.29, 1.82) is 0 Å². The van der Waals surface area contributed by atoms with Crippen LogP contribution in [0.2, 0.25) is 0 Å². The Kier molecular flexibility index (Phi) is 6.19. The molecule has 2 aliphatic rings. The number of carbonyl (C=O) groups excluding carboxylic acids is 1. The van der Waals surface area contributed by atoms with Crippen LogP contribution in [-0.4, -0.2) is 50.0 Å². The van der Waals surface area contributed by atoms with E-state index in [2.05, 4.69) is 0 Å². The first-order chi connectivity index (χ1) is 16.7. The summed E-state index contributed by atoms with van der Waals surface area (Å²) in [6.07, 6.45) is 1.37. The van der Waals surface area contributed by atoms with E-state index in [4.69, 9.17) is 0 Å². The van der Waals surface area contributed by atoms with E-state index in [1.54, 1.807) is 36.4 Å². The Morgan fingerprint density at radius 1 is 0.886 bits per heavy atom. The van der Waals surface area contributed by atoms with Crippen LogP contribution in [0, 0.1) is 5.92 Å². The molecule has 184 valence electrons. The second-order valence-corrected chi connectivity index (χ2v) is 13.0. The van der Waals surface area contributed by atoms with Gasteiger partial charge in [0.2, 0.25) is 15.9 Å². The van der Waals surface area contributed by atoms with Gasteiger partial charge in [-0.25, -0.2) is 21.1 Å². The van der Waals surface area contributed by atoms with Gasteiger partial charge < -0.3 is 0 Å². The molecule has 3 aromatic rings. The zero-order chi connectivity index (χ0) is 24.8. The Morgan fingerprint density at radius 2 is 1.57 bits per heavy atom. The molecule has 7 nitrogen and oxygen atoms in total. The molecule has 3 atom stereocenters.